The number of imidazole rings is 1. The molecule has 0 fully saturated rings. The summed E-state index contributed by atoms with van der Waals surface area (Å²) in [6, 6.07) is 17.6. The van der Waals surface area contributed by atoms with Crippen LogP contribution in [0.2, 0.25) is 0 Å². The Hall–Kier alpha value is -2.94. The Morgan fingerprint density at radius 1 is 0.833 bits per heavy atom. The summed E-state index contributed by atoms with van der Waals surface area (Å²) in [4.78, 5) is 4.65. The zero-order valence-electron chi connectivity index (χ0n) is 19.2. The number of hydrogen-bond donors (Lipinski definition) is 0. The smallest absolute Gasteiger partial charge is 0.261 e. The molecule has 154 valence electrons. The van der Waals surface area contributed by atoms with Crippen molar-refractivity contribution in [2.45, 2.75) is 53.4 Å². The quantitative estimate of drug-likeness (QED) is 0.366. The molecule has 0 aliphatic rings. The van der Waals surface area contributed by atoms with Crippen LogP contribution in [-0.4, -0.2) is 9.55 Å². The molecule has 4 aromatic rings. The zero-order valence-corrected chi connectivity index (χ0v) is 19.2. The summed E-state index contributed by atoms with van der Waals surface area (Å²) < 4.78 is 4.81. The molecular formula is C27H32N3+. The second-order valence-electron chi connectivity index (χ2n) is 8.89. The molecule has 0 spiro atoms. The van der Waals surface area contributed by atoms with Crippen molar-refractivity contribution >= 4 is 11.0 Å². The average Bonchev–Trinajstić information content (AvgIpc) is 2.99. The van der Waals surface area contributed by atoms with Crippen LogP contribution in [0, 0.1) is 13.8 Å². The maximum absolute atomic E-state index is 4.65. The summed E-state index contributed by atoms with van der Waals surface area (Å²) in [6.45, 7) is 13.4. The number of para-hydroxylation sites is 3. The standard InChI is InChI=1S/C27H32N3/c1-17(2)21-11-10-12-22(18(3)4)26(21)30-24-14-9-8-13-23(24)29(7)27(30)25-19(5)15-16-28-20(25)6/h8-18H,1-7H3/q+1. The van der Waals surface area contributed by atoms with E-state index in [1.54, 1.807) is 0 Å². The molecule has 0 saturated carbocycles. The summed E-state index contributed by atoms with van der Waals surface area (Å²) >= 11 is 0. The Morgan fingerprint density at radius 2 is 1.47 bits per heavy atom. The number of hydrogen-bond acceptors (Lipinski definition) is 1. The van der Waals surface area contributed by atoms with Crippen molar-refractivity contribution in [2.75, 3.05) is 0 Å². The van der Waals surface area contributed by atoms with Crippen molar-refractivity contribution in [1.29, 1.82) is 0 Å². The number of aromatic nitrogens is 3. The van der Waals surface area contributed by atoms with Crippen LogP contribution in [0.5, 0.6) is 0 Å². The molecule has 0 N–H and O–H groups in total. The third-order valence-corrected chi connectivity index (χ3v) is 6.15. The van der Waals surface area contributed by atoms with E-state index >= 15 is 0 Å². The number of nitrogens with zero attached hydrogens (tertiary/aromatic N) is 3. The third kappa shape index (κ3) is 3.13. The van der Waals surface area contributed by atoms with Gasteiger partial charge in [0, 0.05) is 17.3 Å². The van der Waals surface area contributed by atoms with E-state index in [9.17, 15) is 0 Å². The first-order chi connectivity index (χ1) is 14.3. The maximum atomic E-state index is 4.65. The number of fused-ring (bicyclic) bond motifs is 1. The molecule has 0 saturated heterocycles. The van der Waals surface area contributed by atoms with Gasteiger partial charge in [-0.25, -0.2) is 4.57 Å². The van der Waals surface area contributed by atoms with Crippen molar-refractivity contribution in [2.24, 2.45) is 7.05 Å². The van der Waals surface area contributed by atoms with E-state index in [4.69, 9.17) is 0 Å². The highest BCUT2D eigenvalue weighted by molar-refractivity contribution is 5.81. The van der Waals surface area contributed by atoms with E-state index in [1.807, 2.05) is 6.20 Å². The minimum absolute atomic E-state index is 0.425. The minimum Gasteiger partial charge on any atom is -0.261 e. The Labute approximate surface area is 180 Å². The molecule has 2 heterocycles. The van der Waals surface area contributed by atoms with Crippen LogP contribution >= 0.6 is 0 Å². The SMILES string of the molecule is Cc1ccnc(C)c1-c1n(-c2c(C(C)C)cccc2C(C)C)c2ccccc2[n+]1C. The normalized spacial score (nSPS) is 11.8. The lowest BCUT2D eigenvalue weighted by Crippen LogP contribution is -2.31. The molecule has 0 aliphatic heterocycles. The van der Waals surface area contributed by atoms with Gasteiger partial charge in [-0.05, 0) is 49.4 Å². The first kappa shape index (κ1) is 20.3. The Bertz CT molecular complexity index is 1180. The number of rotatable bonds is 4. The summed E-state index contributed by atoms with van der Waals surface area (Å²) in [7, 11) is 2.17. The van der Waals surface area contributed by atoms with Gasteiger partial charge in [0.25, 0.3) is 5.82 Å². The van der Waals surface area contributed by atoms with Gasteiger partial charge >= 0.3 is 0 Å². The highest BCUT2D eigenvalue weighted by atomic mass is 15.2. The van der Waals surface area contributed by atoms with Crippen LogP contribution in [0.1, 0.15) is 61.9 Å². The second kappa shape index (κ2) is 7.71. The van der Waals surface area contributed by atoms with Gasteiger partial charge in [0.05, 0.1) is 18.3 Å². The van der Waals surface area contributed by atoms with E-state index in [-0.39, 0.29) is 0 Å². The molecule has 3 nitrogen and oxygen atoms in total. The van der Waals surface area contributed by atoms with Gasteiger partial charge < -0.3 is 0 Å². The molecule has 0 bridgehead atoms. The second-order valence-corrected chi connectivity index (χ2v) is 8.89. The fourth-order valence-corrected chi connectivity index (χ4v) is 4.62. The Kier molecular flexibility index (Phi) is 5.23. The highest BCUT2D eigenvalue weighted by Crippen LogP contribution is 2.37. The minimum atomic E-state index is 0.425. The Balaban J connectivity index is 2.25. The van der Waals surface area contributed by atoms with Crippen molar-refractivity contribution in [1.82, 2.24) is 9.55 Å². The Morgan fingerprint density at radius 3 is 2.07 bits per heavy atom. The molecule has 30 heavy (non-hydrogen) atoms. The molecule has 0 aliphatic carbocycles. The van der Waals surface area contributed by atoms with Gasteiger partial charge in [0.2, 0.25) is 0 Å². The summed E-state index contributed by atoms with van der Waals surface area (Å²) in [5.74, 6) is 2.04. The average molecular weight is 399 g/mol. The molecule has 3 heteroatoms. The topological polar surface area (TPSA) is 21.7 Å². The van der Waals surface area contributed by atoms with E-state index < -0.39 is 0 Å². The van der Waals surface area contributed by atoms with Crippen LogP contribution < -0.4 is 4.57 Å². The third-order valence-electron chi connectivity index (χ3n) is 6.15. The van der Waals surface area contributed by atoms with E-state index in [0.717, 1.165) is 5.69 Å². The summed E-state index contributed by atoms with van der Waals surface area (Å²) in [5.41, 5.74) is 10.0. The number of aryl methyl sites for hydroxylation is 3. The van der Waals surface area contributed by atoms with Crippen LogP contribution in [0.3, 0.4) is 0 Å². The predicted octanol–water partition coefficient (Wildman–Crippen LogP) is 6.38. The molecule has 0 atom stereocenters. The van der Waals surface area contributed by atoms with Gasteiger partial charge in [-0.1, -0.05) is 58.0 Å². The lowest BCUT2D eigenvalue weighted by Gasteiger charge is -2.18. The van der Waals surface area contributed by atoms with Crippen molar-refractivity contribution in [3.63, 3.8) is 0 Å². The molecule has 4 rings (SSSR count). The predicted molar refractivity (Wildman–Crippen MR) is 125 cm³/mol. The fourth-order valence-electron chi connectivity index (χ4n) is 4.62. The van der Waals surface area contributed by atoms with Gasteiger partial charge in [-0.2, -0.15) is 4.57 Å². The zero-order chi connectivity index (χ0) is 21.6. The van der Waals surface area contributed by atoms with Crippen LogP contribution in [0.25, 0.3) is 28.1 Å². The number of benzene rings is 2. The lowest BCUT2D eigenvalue weighted by atomic mass is 9.92. The lowest BCUT2D eigenvalue weighted by molar-refractivity contribution is -0.633. The number of pyridine rings is 1. The summed E-state index contributed by atoms with van der Waals surface area (Å²) in [5, 5.41) is 0. The van der Waals surface area contributed by atoms with E-state index in [1.165, 1.54) is 44.8 Å². The molecule has 0 radical (unpaired) electrons. The fraction of sp³-hybridized carbons (Fsp3) is 0.333. The van der Waals surface area contributed by atoms with Gasteiger partial charge in [0.1, 0.15) is 5.69 Å². The molecule has 2 aromatic carbocycles. The summed E-state index contributed by atoms with van der Waals surface area (Å²) in [6.07, 6.45) is 1.91. The molecule has 0 amide bonds. The van der Waals surface area contributed by atoms with Crippen molar-refractivity contribution in [3.8, 4) is 17.1 Å². The molecule has 0 unspecified atom stereocenters. The van der Waals surface area contributed by atoms with Crippen molar-refractivity contribution in [3.05, 3.63) is 77.1 Å². The maximum Gasteiger partial charge on any atom is 0.297 e. The van der Waals surface area contributed by atoms with Gasteiger partial charge in [-0.3, -0.25) is 4.98 Å². The highest BCUT2D eigenvalue weighted by Gasteiger charge is 2.32. The first-order valence-corrected chi connectivity index (χ1v) is 10.9. The van der Waals surface area contributed by atoms with E-state index in [2.05, 4.69) is 111 Å². The first-order valence-electron chi connectivity index (χ1n) is 10.9. The largest absolute Gasteiger partial charge is 0.297 e. The molecular weight excluding hydrogens is 366 g/mol. The monoisotopic (exact) mass is 398 g/mol. The van der Waals surface area contributed by atoms with Gasteiger partial charge in [-0.15, -0.1) is 0 Å². The van der Waals surface area contributed by atoms with Gasteiger partial charge in [0.15, 0.2) is 11.0 Å². The van der Waals surface area contributed by atoms with Crippen molar-refractivity contribution < 1.29 is 4.57 Å². The van der Waals surface area contributed by atoms with E-state index in [0.29, 0.717) is 11.8 Å². The van der Waals surface area contributed by atoms with Crippen LogP contribution in [0.15, 0.2) is 54.7 Å². The van der Waals surface area contributed by atoms with Crippen LogP contribution in [-0.2, 0) is 7.05 Å². The van der Waals surface area contributed by atoms with Crippen LogP contribution in [0.4, 0.5) is 0 Å². The molecule has 2 aromatic heterocycles.